The Morgan fingerprint density at radius 1 is 1.33 bits per heavy atom. The fourth-order valence-electron chi connectivity index (χ4n) is 1.55. The topological polar surface area (TPSA) is 73.5 Å². The van der Waals surface area contributed by atoms with Crippen molar-refractivity contribution in [3.8, 4) is 0 Å². The molecule has 0 radical (unpaired) electrons. The Balaban J connectivity index is 2.96. The third-order valence-electron chi connectivity index (χ3n) is 2.68. The van der Waals surface area contributed by atoms with Crippen LogP contribution in [0.4, 0.5) is 0 Å². The molecule has 7 nitrogen and oxygen atoms in total. The average Bonchev–Trinajstić information content (AvgIpc) is 2.33. The van der Waals surface area contributed by atoms with Crippen molar-refractivity contribution in [3.63, 3.8) is 0 Å². The van der Waals surface area contributed by atoms with Gasteiger partial charge in [0.2, 0.25) is 0 Å². The highest BCUT2D eigenvalue weighted by molar-refractivity contribution is 5.71. The number of hydrogen-bond donors (Lipinski definition) is 0. The van der Waals surface area contributed by atoms with Crippen LogP contribution in [0.2, 0.25) is 0 Å². The Morgan fingerprint density at radius 3 is 2.50 bits per heavy atom. The zero-order chi connectivity index (χ0) is 13.9. The fraction of sp³-hybridized carbons (Fsp3) is 0.545. The monoisotopic (exact) mass is 255 g/mol. The summed E-state index contributed by atoms with van der Waals surface area (Å²) in [4.78, 5) is 36.0. The van der Waals surface area contributed by atoms with E-state index in [1.807, 2.05) is 0 Å². The number of carbonyl (C=O) groups excluding carboxylic acids is 1. The highest BCUT2D eigenvalue weighted by Gasteiger charge is 2.11. The van der Waals surface area contributed by atoms with Gasteiger partial charge in [-0.3, -0.25) is 23.6 Å². The van der Waals surface area contributed by atoms with Gasteiger partial charge in [-0.2, -0.15) is 0 Å². The summed E-state index contributed by atoms with van der Waals surface area (Å²) in [7, 11) is 6.03. The maximum Gasteiger partial charge on any atom is 0.330 e. The van der Waals surface area contributed by atoms with Gasteiger partial charge >= 0.3 is 11.7 Å². The summed E-state index contributed by atoms with van der Waals surface area (Å²) >= 11 is 0. The van der Waals surface area contributed by atoms with Gasteiger partial charge < -0.3 is 4.74 Å². The van der Waals surface area contributed by atoms with Crippen LogP contribution in [0.25, 0.3) is 0 Å². The standard InChI is InChI=1S/C11H17N3O4/c1-12(7-10(16)18-4)6-8-5-9(15)14(3)11(17)13(8)2/h5H,6-7H2,1-4H3. The summed E-state index contributed by atoms with van der Waals surface area (Å²) in [5.41, 5.74) is -0.196. The summed E-state index contributed by atoms with van der Waals surface area (Å²) < 4.78 is 6.96. The van der Waals surface area contributed by atoms with Gasteiger partial charge in [0.05, 0.1) is 13.7 Å². The second kappa shape index (κ2) is 5.63. The lowest BCUT2D eigenvalue weighted by atomic mass is 10.3. The number of nitrogens with zero attached hydrogens (tertiary/aromatic N) is 3. The molecule has 0 aromatic carbocycles. The molecule has 1 aromatic heterocycles. The molecule has 7 heteroatoms. The number of hydrogen-bond acceptors (Lipinski definition) is 5. The predicted octanol–water partition coefficient (Wildman–Crippen LogP) is -1.31. The van der Waals surface area contributed by atoms with E-state index in [1.165, 1.54) is 24.8 Å². The van der Waals surface area contributed by atoms with Crippen molar-refractivity contribution in [2.45, 2.75) is 6.54 Å². The van der Waals surface area contributed by atoms with Crippen LogP contribution in [0.5, 0.6) is 0 Å². The second-order valence-corrected chi connectivity index (χ2v) is 4.12. The van der Waals surface area contributed by atoms with Crippen LogP contribution in [0, 0.1) is 0 Å². The molecule has 0 aliphatic rings. The van der Waals surface area contributed by atoms with Gasteiger partial charge in [-0.05, 0) is 7.05 Å². The van der Waals surface area contributed by atoms with Gasteiger partial charge in [-0.15, -0.1) is 0 Å². The van der Waals surface area contributed by atoms with Crippen LogP contribution in [0.1, 0.15) is 5.69 Å². The lowest BCUT2D eigenvalue weighted by Crippen LogP contribution is -2.39. The lowest BCUT2D eigenvalue weighted by molar-refractivity contribution is -0.141. The molecule has 0 N–H and O–H groups in total. The number of rotatable bonds is 4. The van der Waals surface area contributed by atoms with E-state index in [4.69, 9.17) is 0 Å². The first kappa shape index (κ1) is 14.2. The van der Waals surface area contributed by atoms with Crippen molar-refractivity contribution in [2.75, 3.05) is 20.7 Å². The predicted molar refractivity (Wildman–Crippen MR) is 65.3 cm³/mol. The number of carbonyl (C=O) groups is 1. The molecule has 0 fully saturated rings. The lowest BCUT2D eigenvalue weighted by Gasteiger charge is -2.17. The van der Waals surface area contributed by atoms with Crippen LogP contribution in [0.15, 0.2) is 15.7 Å². The van der Waals surface area contributed by atoms with Crippen molar-refractivity contribution in [2.24, 2.45) is 14.1 Å². The van der Waals surface area contributed by atoms with Gasteiger partial charge in [-0.1, -0.05) is 0 Å². The third-order valence-corrected chi connectivity index (χ3v) is 2.68. The fourth-order valence-corrected chi connectivity index (χ4v) is 1.55. The van der Waals surface area contributed by atoms with E-state index < -0.39 is 0 Å². The Hall–Kier alpha value is -1.89. The van der Waals surface area contributed by atoms with Crippen LogP contribution in [0.3, 0.4) is 0 Å². The molecule has 18 heavy (non-hydrogen) atoms. The molecule has 1 rings (SSSR count). The van der Waals surface area contributed by atoms with Gasteiger partial charge in [0, 0.05) is 32.4 Å². The molecule has 1 heterocycles. The SMILES string of the molecule is COC(=O)CN(C)Cc1cc(=O)n(C)c(=O)n1C. The number of aromatic nitrogens is 2. The maximum atomic E-state index is 11.7. The molecule has 0 unspecified atom stereocenters. The van der Waals surface area contributed by atoms with Gasteiger partial charge in [-0.25, -0.2) is 4.79 Å². The van der Waals surface area contributed by atoms with Crippen molar-refractivity contribution < 1.29 is 9.53 Å². The Kier molecular flexibility index (Phi) is 4.43. The average molecular weight is 255 g/mol. The first-order valence-electron chi connectivity index (χ1n) is 5.38. The quantitative estimate of drug-likeness (QED) is 0.624. The molecule has 0 aliphatic heterocycles. The largest absolute Gasteiger partial charge is 0.468 e. The van der Waals surface area contributed by atoms with E-state index in [0.29, 0.717) is 12.2 Å². The number of likely N-dealkylation sites (N-methyl/N-ethyl adjacent to an activating group) is 1. The molecule has 0 aliphatic carbocycles. The molecule has 100 valence electrons. The van der Waals surface area contributed by atoms with E-state index in [2.05, 4.69) is 4.74 Å². The molecule has 0 saturated carbocycles. The minimum atomic E-state index is -0.385. The molecule has 0 atom stereocenters. The smallest absolute Gasteiger partial charge is 0.330 e. The molecule has 0 bridgehead atoms. The van der Waals surface area contributed by atoms with Crippen molar-refractivity contribution >= 4 is 5.97 Å². The van der Waals surface area contributed by atoms with E-state index in [0.717, 1.165) is 4.57 Å². The Bertz CT molecular complexity index is 558. The van der Waals surface area contributed by atoms with Crippen LogP contribution in [-0.2, 0) is 30.2 Å². The summed E-state index contributed by atoms with van der Waals surface area (Å²) in [5, 5.41) is 0. The third kappa shape index (κ3) is 3.07. The zero-order valence-electron chi connectivity index (χ0n) is 11.0. The highest BCUT2D eigenvalue weighted by Crippen LogP contribution is 1.97. The van der Waals surface area contributed by atoms with Crippen LogP contribution >= 0.6 is 0 Å². The van der Waals surface area contributed by atoms with E-state index >= 15 is 0 Å². The van der Waals surface area contributed by atoms with Gasteiger partial charge in [0.15, 0.2) is 0 Å². The molecular weight excluding hydrogens is 238 g/mol. The van der Waals surface area contributed by atoms with Gasteiger partial charge in [0.1, 0.15) is 0 Å². The highest BCUT2D eigenvalue weighted by atomic mass is 16.5. The minimum absolute atomic E-state index is 0.0971. The number of ether oxygens (including phenoxy) is 1. The molecule has 0 saturated heterocycles. The van der Waals surface area contributed by atoms with Crippen molar-refractivity contribution in [3.05, 3.63) is 32.6 Å². The van der Waals surface area contributed by atoms with Crippen LogP contribution < -0.4 is 11.2 Å². The normalized spacial score (nSPS) is 10.7. The summed E-state index contributed by atoms with van der Waals surface area (Å²) in [5.74, 6) is -0.369. The second-order valence-electron chi connectivity index (χ2n) is 4.12. The summed E-state index contributed by atoms with van der Waals surface area (Å²) in [6.07, 6.45) is 0. The van der Waals surface area contributed by atoms with E-state index in [-0.39, 0.29) is 23.8 Å². The van der Waals surface area contributed by atoms with Crippen LogP contribution in [-0.4, -0.2) is 40.7 Å². The molecule has 0 spiro atoms. The first-order valence-corrected chi connectivity index (χ1v) is 5.38. The van der Waals surface area contributed by atoms with Crippen molar-refractivity contribution in [1.29, 1.82) is 0 Å². The molecular formula is C11H17N3O4. The molecule has 1 aromatic rings. The minimum Gasteiger partial charge on any atom is -0.468 e. The van der Waals surface area contributed by atoms with E-state index in [1.54, 1.807) is 19.0 Å². The summed E-state index contributed by atoms with van der Waals surface area (Å²) in [6, 6.07) is 1.38. The first-order chi connectivity index (χ1) is 8.36. The Morgan fingerprint density at radius 2 is 1.94 bits per heavy atom. The Labute approximate surface area is 104 Å². The van der Waals surface area contributed by atoms with Gasteiger partial charge in [0.25, 0.3) is 5.56 Å². The maximum absolute atomic E-state index is 11.7. The van der Waals surface area contributed by atoms with E-state index in [9.17, 15) is 14.4 Å². The zero-order valence-corrected chi connectivity index (χ0v) is 11.0. The summed E-state index contributed by atoms with van der Waals surface area (Å²) in [6.45, 7) is 0.414. The number of methoxy groups -OCH3 is 1. The number of esters is 1. The molecule has 0 amide bonds. The van der Waals surface area contributed by atoms with Crippen molar-refractivity contribution in [1.82, 2.24) is 14.0 Å².